The molecule has 1 atom stereocenters. The summed E-state index contributed by atoms with van der Waals surface area (Å²) in [7, 11) is 0. The van der Waals surface area contributed by atoms with Gasteiger partial charge in [0, 0.05) is 6.42 Å². The zero-order valence-electron chi connectivity index (χ0n) is 5.60. The largest absolute Gasteiger partial charge is 0.233 e. The van der Waals surface area contributed by atoms with Gasteiger partial charge in [0.15, 0.2) is 0 Å². The highest BCUT2D eigenvalue weighted by Gasteiger charge is 2.18. The first kappa shape index (κ1) is 7.92. The van der Waals surface area contributed by atoms with Gasteiger partial charge in [-0.05, 0) is 20.8 Å². The lowest BCUT2D eigenvalue weighted by Gasteiger charge is -2.13. The van der Waals surface area contributed by atoms with Gasteiger partial charge in [0.05, 0.1) is 6.10 Å². The molecule has 0 aromatic heterocycles. The van der Waals surface area contributed by atoms with Crippen LogP contribution < -0.4 is 0 Å². The Balaban J connectivity index is 3.39. The van der Waals surface area contributed by atoms with Gasteiger partial charge < -0.3 is 0 Å². The van der Waals surface area contributed by atoms with Gasteiger partial charge in [-0.3, -0.25) is 0 Å². The summed E-state index contributed by atoms with van der Waals surface area (Å²) < 4.78 is 0. The van der Waals surface area contributed by atoms with Crippen molar-refractivity contribution in [3.05, 3.63) is 0 Å². The maximum atomic E-state index is 10.7. The number of rotatable bonds is 2. The molecule has 0 saturated carbocycles. The summed E-state index contributed by atoms with van der Waals surface area (Å²) in [4.78, 5) is 0. The van der Waals surface area contributed by atoms with Crippen LogP contribution in [-0.4, -0.2) is 11.7 Å². The van der Waals surface area contributed by atoms with E-state index >= 15 is 0 Å². The summed E-state index contributed by atoms with van der Waals surface area (Å²) in [5.74, 6) is 0. The molecule has 2 radical (unpaired) electrons. The van der Waals surface area contributed by atoms with Crippen molar-refractivity contribution in [2.75, 3.05) is 0 Å². The van der Waals surface area contributed by atoms with Crippen molar-refractivity contribution in [2.24, 2.45) is 0 Å². The maximum Gasteiger partial charge on any atom is 0.101 e. The van der Waals surface area contributed by atoms with Crippen LogP contribution in [-0.2, 0) is 10.2 Å². The molecule has 0 fully saturated rings. The van der Waals surface area contributed by atoms with Crippen molar-refractivity contribution in [3.8, 4) is 0 Å². The third kappa shape index (κ3) is 5.92. The molecule has 1 unspecified atom stereocenters. The smallest absolute Gasteiger partial charge is 0.101 e. The molecule has 0 aromatic rings. The van der Waals surface area contributed by atoms with Gasteiger partial charge in [0.25, 0.3) is 0 Å². The van der Waals surface area contributed by atoms with E-state index in [0.29, 0.717) is 0 Å². The average Bonchev–Trinajstić information content (AvgIpc) is 1.21. The lowest BCUT2D eigenvalue weighted by atomic mass is 10.0. The average molecular weight is 116 g/mol. The second-order valence-electron chi connectivity index (χ2n) is 2.77. The predicted molar refractivity (Wildman–Crippen MR) is 29.5 cm³/mol. The van der Waals surface area contributed by atoms with E-state index in [-0.39, 0.29) is 6.42 Å². The van der Waals surface area contributed by atoms with E-state index in [1.807, 2.05) is 0 Å². The van der Waals surface area contributed by atoms with Gasteiger partial charge in [-0.1, -0.05) is 0 Å². The molecular weight excluding hydrogens is 104 g/mol. The van der Waals surface area contributed by atoms with E-state index in [9.17, 15) is 10.2 Å². The normalized spacial score (nSPS) is 16.1. The van der Waals surface area contributed by atoms with Crippen LogP contribution in [0, 0.1) is 0 Å². The molecule has 0 aromatic carbocycles. The van der Waals surface area contributed by atoms with E-state index < -0.39 is 11.7 Å². The molecule has 0 bridgehead atoms. The molecule has 0 amide bonds. The highest BCUT2D eigenvalue weighted by molar-refractivity contribution is 4.66. The summed E-state index contributed by atoms with van der Waals surface area (Å²) in [6.07, 6.45) is -0.505. The number of hydrogen-bond acceptors (Lipinski definition) is 0. The zero-order chi connectivity index (χ0) is 6.78. The zero-order valence-corrected chi connectivity index (χ0v) is 5.60. The molecule has 0 saturated heterocycles. The maximum absolute atomic E-state index is 10.7. The minimum Gasteiger partial charge on any atom is -0.233 e. The van der Waals surface area contributed by atoms with Crippen molar-refractivity contribution in [2.45, 2.75) is 38.9 Å². The predicted octanol–water partition coefficient (Wildman–Crippen LogP) is 1.40. The summed E-state index contributed by atoms with van der Waals surface area (Å²) in [5.41, 5.74) is -1.04. The van der Waals surface area contributed by atoms with Crippen LogP contribution in [0.25, 0.3) is 0 Å². The standard InChI is InChI=1S/C6H12O2/c1-5(7)4-6(2,3)8/h5H,4H2,1-3H3. The van der Waals surface area contributed by atoms with Gasteiger partial charge >= 0.3 is 0 Å². The van der Waals surface area contributed by atoms with Crippen LogP contribution in [0.4, 0.5) is 0 Å². The van der Waals surface area contributed by atoms with Gasteiger partial charge in [0.1, 0.15) is 5.60 Å². The van der Waals surface area contributed by atoms with E-state index in [2.05, 4.69) is 0 Å². The second kappa shape index (κ2) is 2.46. The topological polar surface area (TPSA) is 39.8 Å². The Kier molecular flexibility index (Phi) is 2.44. The third-order valence-electron chi connectivity index (χ3n) is 0.779. The molecule has 2 nitrogen and oxygen atoms in total. The van der Waals surface area contributed by atoms with E-state index in [0.717, 1.165) is 0 Å². The molecular formula is C6H12O2. The highest BCUT2D eigenvalue weighted by Crippen LogP contribution is 2.10. The first-order chi connectivity index (χ1) is 3.42. The van der Waals surface area contributed by atoms with E-state index in [4.69, 9.17) is 0 Å². The monoisotopic (exact) mass is 116 g/mol. The fourth-order valence-corrected chi connectivity index (χ4v) is 0.692. The van der Waals surface area contributed by atoms with Crippen molar-refractivity contribution in [1.82, 2.24) is 0 Å². The number of hydrogen-bond donors (Lipinski definition) is 0. The van der Waals surface area contributed by atoms with E-state index in [1.165, 1.54) is 20.8 Å². The first-order valence-electron chi connectivity index (χ1n) is 2.78. The molecule has 0 heterocycles. The van der Waals surface area contributed by atoms with Crippen LogP contribution in [0.1, 0.15) is 27.2 Å². The Hall–Kier alpha value is -0.0800. The third-order valence-corrected chi connectivity index (χ3v) is 0.779. The summed E-state index contributed by atoms with van der Waals surface area (Å²) in [5, 5.41) is 21.1. The Bertz CT molecular complexity index is 61.4. The lowest BCUT2D eigenvalue weighted by molar-refractivity contribution is -0.0465. The lowest BCUT2D eigenvalue weighted by Crippen LogP contribution is -2.21. The summed E-state index contributed by atoms with van der Waals surface area (Å²) >= 11 is 0. The Morgan fingerprint density at radius 1 is 1.50 bits per heavy atom. The van der Waals surface area contributed by atoms with Crippen LogP contribution in [0.5, 0.6) is 0 Å². The van der Waals surface area contributed by atoms with Crippen molar-refractivity contribution in [1.29, 1.82) is 0 Å². The molecule has 0 aliphatic carbocycles. The fourth-order valence-electron chi connectivity index (χ4n) is 0.692. The van der Waals surface area contributed by atoms with Gasteiger partial charge in [-0.15, -0.1) is 0 Å². The highest BCUT2D eigenvalue weighted by atomic mass is 16.3. The molecule has 0 aliphatic rings. The second-order valence-corrected chi connectivity index (χ2v) is 2.77. The molecule has 48 valence electrons. The van der Waals surface area contributed by atoms with Crippen molar-refractivity contribution < 1.29 is 10.2 Å². The van der Waals surface area contributed by atoms with Gasteiger partial charge in [-0.2, -0.15) is 0 Å². The van der Waals surface area contributed by atoms with Crippen LogP contribution in [0.15, 0.2) is 0 Å². The summed E-state index contributed by atoms with van der Waals surface area (Å²) in [6, 6.07) is 0. The molecule has 0 spiro atoms. The molecule has 0 aliphatic heterocycles. The van der Waals surface area contributed by atoms with Gasteiger partial charge in [-0.25, -0.2) is 10.2 Å². The molecule has 0 rings (SSSR count). The van der Waals surface area contributed by atoms with Crippen molar-refractivity contribution >= 4 is 0 Å². The minimum absolute atomic E-state index is 0.215. The molecule has 0 N–H and O–H groups in total. The molecule has 2 heteroatoms. The first-order valence-corrected chi connectivity index (χ1v) is 2.78. The Labute approximate surface area is 50.2 Å². The fraction of sp³-hybridized carbons (Fsp3) is 1.00. The van der Waals surface area contributed by atoms with Gasteiger partial charge in [0.2, 0.25) is 0 Å². The van der Waals surface area contributed by atoms with Crippen LogP contribution in [0.2, 0.25) is 0 Å². The minimum atomic E-state index is -1.04. The van der Waals surface area contributed by atoms with Crippen LogP contribution in [0.3, 0.4) is 0 Å². The van der Waals surface area contributed by atoms with Crippen LogP contribution >= 0.6 is 0 Å². The Morgan fingerprint density at radius 2 is 1.88 bits per heavy atom. The Morgan fingerprint density at radius 3 is 1.88 bits per heavy atom. The molecule has 8 heavy (non-hydrogen) atoms. The summed E-state index contributed by atoms with van der Waals surface area (Å²) in [6.45, 7) is 4.57. The quantitative estimate of drug-likeness (QED) is 0.523. The van der Waals surface area contributed by atoms with E-state index in [1.54, 1.807) is 0 Å². The SMILES string of the molecule is CC([O])CC(C)(C)[O]. The van der Waals surface area contributed by atoms with Crippen molar-refractivity contribution in [3.63, 3.8) is 0 Å².